The SMILES string of the molecule is CCN(Cc1cc(C(=O)OCCN(C)CCO)cc(Br)c1N)C1CCCCC1. The quantitative estimate of drug-likeness (QED) is 0.416. The van der Waals surface area contributed by atoms with Crippen LogP contribution >= 0.6 is 15.9 Å². The maximum absolute atomic E-state index is 12.5. The molecule has 28 heavy (non-hydrogen) atoms. The molecule has 0 atom stereocenters. The Morgan fingerprint density at radius 3 is 2.64 bits per heavy atom. The molecule has 1 aromatic carbocycles. The van der Waals surface area contributed by atoms with Crippen molar-refractivity contribution >= 4 is 27.6 Å². The highest BCUT2D eigenvalue weighted by atomic mass is 79.9. The molecule has 2 rings (SSSR count). The van der Waals surface area contributed by atoms with E-state index in [9.17, 15) is 4.79 Å². The second-order valence-corrected chi connectivity index (χ2v) is 8.40. The van der Waals surface area contributed by atoms with Crippen molar-refractivity contribution in [3.8, 4) is 0 Å². The average Bonchev–Trinajstić information content (AvgIpc) is 2.69. The van der Waals surface area contributed by atoms with Crippen LogP contribution in [0.25, 0.3) is 0 Å². The van der Waals surface area contributed by atoms with Gasteiger partial charge in [-0.25, -0.2) is 4.79 Å². The van der Waals surface area contributed by atoms with Crippen LogP contribution in [0.3, 0.4) is 0 Å². The molecule has 0 heterocycles. The zero-order chi connectivity index (χ0) is 20.5. The van der Waals surface area contributed by atoms with Gasteiger partial charge in [0.15, 0.2) is 0 Å². The molecule has 0 unspecified atom stereocenters. The van der Waals surface area contributed by atoms with Gasteiger partial charge in [-0.15, -0.1) is 0 Å². The molecule has 1 aromatic rings. The minimum absolute atomic E-state index is 0.0909. The molecule has 0 aliphatic heterocycles. The van der Waals surface area contributed by atoms with Crippen molar-refractivity contribution in [3.63, 3.8) is 0 Å². The van der Waals surface area contributed by atoms with Gasteiger partial charge in [0.05, 0.1) is 17.9 Å². The summed E-state index contributed by atoms with van der Waals surface area (Å²) in [4.78, 5) is 16.9. The van der Waals surface area contributed by atoms with E-state index < -0.39 is 0 Å². The summed E-state index contributed by atoms with van der Waals surface area (Å²) in [7, 11) is 1.88. The van der Waals surface area contributed by atoms with Crippen molar-refractivity contribution < 1.29 is 14.6 Å². The van der Waals surface area contributed by atoms with Gasteiger partial charge < -0.3 is 20.5 Å². The number of hydrogen-bond acceptors (Lipinski definition) is 6. The summed E-state index contributed by atoms with van der Waals surface area (Å²) < 4.78 is 6.14. The van der Waals surface area contributed by atoms with Crippen LogP contribution in [0.1, 0.15) is 54.9 Å². The fourth-order valence-corrected chi connectivity index (χ4v) is 4.25. The molecule has 6 nitrogen and oxygen atoms in total. The van der Waals surface area contributed by atoms with Crippen LogP contribution in [-0.2, 0) is 11.3 Å². The van der Waals surface area contributed by atoms with Crippen LogP contribution in [-0.4, -0.2) is 66.8 Å². The van der Waals surface area contributed by atoms with E-state index >= 15 is 0 Å². The molecule has 1 aliphatic carbocycles. The second kappa shape index (κ2) is 11.8. The van der Waals surface area contributed by atoms with Crippen molar-refractivity contribution in [1.82, 2.24) is 9.80 Å². The number of benzene rings is 1. The highest BCUT2D eigenvalue weighted by Gasteiger charge is 2.22. The first kappa shape index (κ1) is 23.1. The molecule has 0 saturated heterocycles. The molecular weight excluding hydrogens is 422 g/mol. The van der Waals surface area contributed by atoms with Crippen molar-refractivity contribution in [2.24, 2.45) is 0 Å². The van der Waals surface area contributed by atoms with Crippen LogP contribution in [0.4, 0.5) is 5.69 Å². The van der Waals surface area contributed by atoms with Crippen molar-refractivity contribution in [3.05, 3.63) is 27.7 Å². The van der Waals surface area contributed by atoms with Crippen LogP contribution in [0.15, 0.2) is 16.6 Å². The normalized spacial score (nSPS) is 15.4. The van der Waals surface area contributed by atoms with Crippen LogP contribution in [0.2, 0.25) is 0 Å². The number of carbonyl (C=O) groups is 1. The minimum Gasteiger partial charge on any atom is -0.461 e. The Kier molecular flexibility index (Phi) is 9.71. The summed E-state index contributed by atoms with van der Waals surface area (Å²) in [5.74, 6) is -0.347. The van der Waals surface area contributed by atoms with E-state index in [1.165, 1.54) is 32.1 Å². The first-order chi connectivity index (χ1) is 13.5. The first-order valence-corrected chi connectivity index (χ1v) is 11.0. The van der Waals surface area contributed by atoms with Gasteiger partial charge in [-0.2, -0.15) is 0 Å². The minimum atomic E-state index is -0.347. The van der Waals surface area contributed by atoms with Gasteiger partial charge in [-0.3, -0.25) is 4.90 Å². The number of anilines is 1. The predicted octanol–water partition coefficient (Wildman–Crippen LogP) is 3.27. The fraction of sp³-hybridized carbons (Fsp3) is 0.667. The number of likely N-dealkylation sites (N-methyl/N-ethyl adjacent to an activating group) is 1. The maximum atomic E-state index is 12.5. The van der Waals surface area contributed by atoms with Crippen LogP contribution in [0.5, 0.6) is 0 Å². The third-order valence-electron chi connectivity index (χ3n) is 5.51. The van der Waals surface area contributed by atoms with E-state index in [4.69, 9.17) is 15.6 Å². The van der Waals surface area contributed by atoms with Gasteiger partial charge in [-0.1, -0.05) is 26.2 Å². The van der Waals surface area contributed by atoms with Crippen molar-refractivity contribution in [2.75, 3.05) is 45.6 Å². The number of nitrogen functional groups attached to an aromatic ring is 1. The van der Waals surface area contributed by atoms with E-state index in [2.05, 4.69) is 27.8 Å². The molecule has 158 valence electrons. The Bertz CT molecular complexity index is 636. The second-order valence-electron chi connectivity index (χ2n) is 7.55. The number of nitrogens with two attached hydrogens (primary N) is 1. The largest absolute Gasteiger partial charge is 0.461 e. The van der Waals surface area contributed by atoms with Gasteiger partial charge >= 0.3 is 5.97 Å². The summed E-state index contributed by atoms with van der Waals surface area (Å²) in [5, 5.41) is 8.93. The van der Waals surface area contributed by atoms with Gasteiger partial charge in [0.25, 0.3) is 0 Å². The molecule has 1 fully saturated rings. The molecular formula is C21H34BrN3O3. The highest BCUT2D eigenvalue weighted by molar-refractivity contribution is 9.10. The van der Waals surface area contributed by atoms with E-state index in [1.54, 1.807) is 6.07 Å². The Labute approximate surface area is 177 Å². The standard InChI is InChI=1S/C21H34BrN3O3/c1-3-25(18-7-5-4-6-8-18)15-17-13-16(14-19(22)20(17)23)21(27)28-12-10-24(2)9-11-26/h13-14,18,26H,3-12,15,23H2,1-2H3. The zero-order valence-electron chi connectivity index (χ0n) is 17.1. The van der Waals surface area contributed by atoms with Gasteiger partial charge in [0.2, 0.25) is 0 Å². The fourth-order valence-electron chi connectivity index (χ4n) is 3.75. The number of ether oxygens (including phenoxy) is 1. The summed E-state index contributed by atoms with van der Waals surface area (Å²) in [6, 6.07) is 4.19. The number of halogens is 1. The third-order valence-corrected chi connectivity index (χ3v) is 6.17. The Morgan fingerprint density at radius 1 is 1.29 bits per heavy atom. The smallest absolute Gasteiger partial charge is 0.338 e. The lowest BCUT2D eigenvalue weighted by Gasteiger charge is -2.34. The van der Waals surface area contributed by atoms with Gasteiger partial charge in [-0.05, 0) is 60.1 Å². The number of carbonyl (C=O) groups excluding carboxylic acids is 1. The van der Waals surface area contributed by atoms with E-state index in [0.29, 0.717) is 30.4 Å². The predicted molar refractivity (Wildman–Crippen MR) is 116 cm³/mol. The number of aliphatic hydroxyl groups excluding tert-OH is 1. The van der Waals surface area contributed by atoms with Crippen molar-refractivity contribution in [2.45, 2.75) is 51.6 Å². The number of rotatable bonds is 10. The molecule has 0 aromatic heterocycles. The number of esters is 1. The van der Waals surface area contributed by atoms with E-state index in [0.717, 1.165) is 23.1 Å². The number of aliphatic hydroxyl groups is 1. The average molecular weight is 456 g/mol. The van der Waals surface area contributed by atoms with Crippen LogP contribution in [0, 0.1) is 0 Å². The Morgan fingerprint density at radius 2 is 2.00 bits per heavy atom. The lowest BCUT2D eigenvalue weighted by Crippen LogP contribution is -2.36. The lowest BCUT2D eigenvalue weighted by molar-refractivity contribution is 0.0467. The molecule has 3 N–H and O–H groups in total. The topological polar surface area (TPSA) is 79.0 Å². The van der Waals surface area contributed by atoms with Crippen molar-refractivity contribution in [1.29, 1.82) is 0 Å². The first-order valence-electron chi connectivity index (χ1n) is 10.2. The molecule has 1 aliphatic rings. The van der Waals surface area contributed by atoms with E-state index in [1.807, 2.05) is 18.0 Å². The molecule has 1 saturated carbocycles. The van der Waals surface area contributed by atoms with Gasteiger partial charge in [0.1, 0.15) is 6.61 Å². The summed E-state index contributed by atoms with van der Waals surface area (Å²) in [5.41, 5.74) is 8.47. The van der Waals surface area contributed by atoms with Crippen LogP contribution < -0.4 is 5.73 Å². The Hall–Kier alpha value is -1.15. The molecule has 0 bridgehead atoms. The number of nitrogens with zero attached hydrogens (tertiary/aromatic N) is 2. The summed E-state index contributed by atoms with van der Waals surface area (Å²) >= 11 is 3.50. The lowest BCUT2D eigenvalue weighted by atomic mass is 9.93. The molecule has 7 heteroatoms. The van der Waals surface area contributed by atoms with E-state index in [-0.39, 0.29) is 19.2 Å². The molecule has 0 amide bonds. The van der Waals surface area contributed by atoms with Gasteiger partial charge in [0, 0.05) is 30.1 Å². The summed E-state index contributed by atoms with van der Waals surface area (Å²) in [6.07, 6.45) is 6.38. The number of hydrogen-bond donors (Lipinski definition) is 2. The summed E-state index contributed by atoms with van der Waals surface area (Å²) in [6.45, 7) is 5.41. The third kappa shape index (κ3) is 6.72. The highest BCUT2D eigenvalue weighted by Crippen LogP contribution is 2.29. The molecule has 0 spiro atoms. The maximum Gasteiger partial charge on any atom is 0.338 e. The zero-order valence-corrected chi connectivity index (χ0v) is 18.7. The molecule has 0 radical (unpaired) electrons. The Balaban J connectivity index is 2.04. The monoisotopic (exact) mass is 455 g/mol.